The highest BCUT2D eigenvalue weighted by Crippen LogP contribution is 2.28. The van der Waals surface area contributed by atoms with Gasteiger partial charge < -0.3 is 24.6 Å². The Balaban J connectivity index is 2.14. The third kappa shape index (κ3) is 7.17. The van der Waals surface area contributed by atoms with Crippen LogP contribution >= 0.6 is 11.3 Å². The van der Waals surface area contributed by atoms with E-state index in [1.54, 1.807) is 30.5 Å². The highest BCUT2D eigenvalue weighted by atomic mass is 32.1. The summed E-state index contributed by atoms with van der Waals surface area (Å²) in [7, 11) is 3.21. The number of carbonyl (C=O) groups is 2. The molecule has 170 valence electrons. The van der Waals surface area contributed by atoms with E-state index < -0.39 is 0 Å². The molecule has 0 bridgehead atoms. The van der Waals surface area contributed by atoms with Gasteiger partial charge >= 0.3 is 6.03 Å². The number of ether oxygens (including phenoxy) is 2. The second-order valence-electron chi connectivity index (χ2n) is 7.39. The third-order valence-corrected chi connectivity index (χ3v) is 5.78. The summed E-state index contributed by atoms with van der Waals surface area (Å²) in [5, 5.41) is 4.79. The molecule has 8 heteroatoms. The lowest BCUT2D eigenvalue weighted by molar-refractivity contribution is -0.132. The van der Waals surface area contributed by atoms with Crippen LogP contribution in [0.3, 0.4) is 0 Å². The lowest BCUT2D eigenvalue weighted by atomic mass is 10.1. The van der Waals surface area contributed by atoms with Gasteiger partial charge in [0.05, 0.1) is 20.8 Å². The van der Waals surface area contributed by atoms with Gasteiger partial charge in [0.25, 0.3) is 0 Å². The van der Waals surface area contributed by atoms with Crippen molar-refractivity contribution >= 4 is 23.3 Å². The zero-order valence-corrected chi connectivity index (χ0v) is 19.8. The Morgan fingerprint density at radius 2 is 1.87 bits per heavy atom. The van der Waals surface area contributed by atoms with E-state index in [9.17, 15) is 9.59 Å². The SMILES string of the molecule is CCNC(=O)N(CC(=O)N(CCc1ccc(OC)c(OC)c1)Cc1cccs1)C(C)C. The van der Waals surface area contributed by atoms with E-state index in [4.69, 9.17) is 9.47 Å². The van der Waals surface area contributed by atoms with Crippen LogP contribution in [-0.4, -0.2) is 61.6 Å². The molecule has 0 saturated heterocycles. The van der Waals surface area contributed by atoms with E-state index in [-0.39, 0.29) is 24.5 Å². The second-order valence-corrected chi connectivity index (χ2v) is 8.42. The highest BCUT2D eigenvalue weighted by molar-refractivity contribution is 7.09. The van der Waals surface area contributed by atoms with E-state index in [0.717, 1.165) is 10.4 Å². The molecule has 31 heavy (non-hydrogen) atoms. The maximum absolute atomic E-state index is 13.2. The molecule has 0 atom stereocenters. The molecule has 1 heterocycles. The molecule has 0 fully saturated rings. The highest BCUT2D eigenvalue weighted by Gasteiger charge is 2.23. The summed E-state index contributed by atoms with van der Waals surface area (Å²) in [6, 6.07) is 9.48. The molecule has 0 aliphatic heterocycles. The number of rotatable bonds is 11. The van der Waals surface area contributed by atoms with Crippen molar-refractivity contribution in [3.05, 3.63) is 46.2 Å². The van der Waals surface area contributed by atoms with Crippen LogP contribution in [0.4, 0.5) is 4.79 Å². The quantitative estimate of drug-likeness (QED) is 0.569. The van der Waals surface area contributed by atoms with Gasteiger partial charge in [-0.2, -0.15) is 0 Å². The molecule has 1 aromatic heterocycles. The first-order chi connectivity index (χ1) is 14.9. The zero-order chi connectivity index (χ0) is 22.8. The van der Waals surface area contributed by atoms with Gasteiger partial charge in [0.2, 0.25) is 5.91 Å². The minimum Gasteiger partial charge on any atom is -0.493 e. The molecule has 0 aliphatic carbocycles. The van der Waals surface area contributed by atoms with Crippen LogP contribution in [-0.2, 0) is 17.8 Å². The van der Waals surface area contributed by atoms with Crippen LogP contribution in [0.5, 0.6) is 11.5 Å². The number of amides is 3. The van der Waals surface area contributed by atoms with Crippen LogP contribution in [0.1, 0.15) is 31.2 Å². The van der Waals surface area contributed by atoms with E-state index in [1.165, 1.54) is 0 Å². The van der Waals surface area contributed by atoms with Gasteiger partial charge in [-0.25, -0.2) is 4.79 Å². The lowest BCUT2D eigenvalue weighted by Gasteiger charge is -2.30. The van der Waals surface area contributed by atoms with Crippen molar-refractivity contribution in [2.24, 2.45) is 0 Å². The Morgan fingerprint density at radius 3 is 2.45 bits per heavy atom. The second kappa shape index (κ2) is 12.2. The average molecular weight is 448 g/mol. The summed E-state index contributed by atoms with van der Waals surface area (Å²) in [5.74, 6) is 1.26. The molecular weight excluding hydrogens is 414 g/mol. The maximum atomic E-state index is 13.2. The Bertz CT molecular complexity index is 839. The Kier molecular flexibility index (Phi) is 9.65. The molecule has 7 nitrogen and oxygen atoms in total. The van der Waals surface area contributed by atoms with Gasteiger partial charge in [0.1, 0.15) is 6.54 Å². The third-order valence-electron chi connectivity index (χ3n) is 4.92. The van der Waals surface area contributed by atoms with Crippen LogP contribution in [0, 0.1) is 0 Å². The minimum absolute atomic E-state index is 0.0425. The number of hydrogen-bond acceptors (Lipinski definition) is 5. The normalized spacial score (nSPS) is 10.6. The number of nitrogens with zero attached hydrogens (tertiary/aromatic N) is 2. The fourth-order valence-corrected chi connectivity index (χ4v) is 3.89. The fourth-order valence-electron chi connectivity index (χ4n) is 3.17. The molecule has 0 radical (unpaired) electrons. The van der Waals surface area contributed by atoms with Crippen LogP contribution in [0.25, 0.3) is 0 Å². The smallest absolute Gasteiger partial charge is 0.318 e. The van der Waals surface area contributed by atoms with Crippen molar-refractivity contribution < 1.29 is 19.1 Å². The monoisotopic (exact) mass is 447 g/mol. The standard InChI is InChI=1S/C23H33N3O4S/c1-6-24-23(28)26(17(2)3)16-22(27)25(15-19-8-7-13-31-19)12-11-18-9-10-20(29-4)21(14-18)30-5/h7-10,13-14,17H,6,11-12,15-16H2,1-5H3,(H,24,28). The van der Waals surface area contributed by atoms with Crippen molar-refractivity contribution in [3.8, 4) is 11.5 Å². The topological polar surface area (TPSA) is 71.1 Å². The average Bonchev–Trinajstić information content (AvgIpc) is 3.27. The van der Waals surface area contributed by atoms with Gasteiger partial charge in [0.15, 0.2) is 11.5 Å². The summed E-state index contributed by atoms with van der Waals surface area (Å²) in [5.41, 5.74) is 1.05. The van der Waals surface area contributed by atoms with E-state index in [2.05, 4.69) is 5.32 Å². The van der Waals surface area contributed by atoms with Crippen molar-refractivity contribution in [1.29, 1.82) is 0 Å². The number of nitrogens with one attached hydrogen (secondary N) is 1. The number of methoxy groups -OCH3 is 2. The molecule has 1 N–H and O–H groups in total. The molecule has 0 saturated carbocycles. The Labute approximate surface area is 188 Å². The van der Waals surface area contributed by atoms with Crippen molar-refractivity contribution in [2.45, 2.75) is 39.8 Å². The molecule has 0 aliphatic rings. The van der Waals surface area contributed by atoms with E-state index in [0.29, 0.717) is 37.6 Å². The van der Waals surface area contributed by atoms with E-state index in [1.807, 2.05) is 61.4 Å². The summed E-state index contributed by atoms with van der Waals surface area (Å²) in [6.07, 6.45) is 0.667. The van der Waals surface area contributed by atoms with Gasteiger partial charge in [-0.05, 0) is 56.3 Å². The first kappa shape index (κ1) is 24.5. The Morgan fingerprint density at radius 1 is 1.13 bits per heavy atom. The number of benzene rings is 1. The number of thiophene rings is 1. The fraction of sp³-hybridized carbons (Fsp3) is 0.478. The predicted octanol–water partition coefficient (Wildman–Crippen LogP) is 3.78. The molecule has 0 unspecified atom stereocenters. The first-order valence-electron chi connectivity index (χ1n) is 10.4. The molecule has 2 aromatic rings. The summed E-state index contributed by atoms with van der Waals surface area (Å²) in [4.78, 5) is 30.1. The van der Waals surface area contributed by atoms with Gasteiger partial charge in [-0.3, -0.25) is 4.79 Å². The zero-order valence-electron chi connectivity index (χ0n) is 19.0. The van der Waals surface area contributed by atoms with Crippen LogP contribution in [0.2, 0.25) is 0 Å². The van der Waals surface area contributed by atoms with Crippen molar-refractivity contribution in [2.75, 3.05) is 33.9 Å². The molecular formula is C23H33N3O4S. The summed E-state index contributed by atoms with van der Waals surface area (Å²) >= 11 is 1.62. The minimum atomic E-state index is -0.221. The number of hydrogen-bond donors (Lipinski definition) is 1. The Hall–Kier alpha value is -2.74. The van der Waals surface area contributed by atoms with Crippen LogP contribution < -0.4 is 14.8 Å². The molecule has 2 rings (SSSR count). The lowest BCUT2D eigenvalue weighted by Crippen LogP contribution is -2.49. The van der Waals surface area contributed by atoms with Crippen molar-refractivity contribution in [1.82, 2.24) is 15.1 Å². The molecule has 3 amide bonds. The molecule has 0 spiro atoms. The first-order valence-corrected chi connectivity index (χ1v) is 11.3. The van der Waals surface area contributed by atoms with Gasteiger partial charge in [0, 0.05) is 24.0 Å². The summed E-state index contributed by atoms with van der Waals surface area (Å²) < 4.78 is 10.7. The number of carbonyl (C=O) groups excluding carboxylic acids is 2. The van der Waals surface area contributed by atoms with Gasteiger partial charge in [-0.1, -0.05) is 12.1 Å². The predicted molar refractivity (Wildman–Crippen MR) is 124 cm³/mol. The van der Waals surface area contributed by atoms with Gasteiger partial charge in [-0.15, -0.1) is 11.3 Å². The van der Waals surface area contributed by atoms with Crippen LogP contribution in [0.15, 0.2) is 35.7 Å². The molecule has 1 aromatic carbocycles. The maximum Gasteiger partial charge on any atom is 0.318 e. The largest absolute Gasteiger partial charge is 0.493 e. The van der Waals surface area contributed by atoms with Crippen molar-refractivity contribution in [3.63, 3.8) is 0 Å². The number of urea groups is 1. The van der Waals surface area contributed by atoms with E-state index >= 15 is 0 Å². The summed E-state index contributed by atoms with van der Waals surface area (Å²) in [6.45, 7) is 7.31.